The minimum atomic E-state index is 0. The number of guanidine groups is 1. The molecule has 0 spiro atoms. The topological polar surface area (TPSA) is 52.6 Å². The van der Waals surface area contributed by atoms with Gasteiger partial charge in [-0.15, -0.1) is 24.0 Å². The first-order valence-electron chi connectivity index (χ1n) is 7.90. The fraction of sp³-hybridized carbons (Fsp3) is 0.333. The molecule has 0 fully saturated rings. The number of halogens is 2. The van der Waals surface area contributed by atoms with E-state index in [-0.39, 0.29) is 24.0 Å². The fourth-order valence-corrected chi connectivity index (χ4v) is 2.47. The molecule has 7 heteroatoms. The number of hydrogen-bond donors (Lipinski definition) is 2. The van der Waals surface area contributed by atoms with Gasteiger partial charge in [0, 0.05) is 45.5 Å². The first kappa shape index (κ1) is 21.5. The third kappa shape index (κ3) is 7.07. The van der Waals surface area contributed by atoms with Crippen molar-refractivity contribution < 1.29 is 0 Å². The molecule has 0 saturated heterocycles. The lowest BCUT2D eigenvalue weighted by atomic mass is 10.1. The van der Waals surface area contributed by atoms with Crippen LogP contribution >= 0.6 is 35.6 Å². The summed E-state index contributed by atoms with van der Waals surface area (Å²) in [6.45, 7) is 1.46. The van der Waals surface area contributed by atoms with Crippen molar-refractivity contribution >= 4 is 47.4 Å². The summed E-state index contributed by atoms with van der Waals surface area (Å²) in [7, 11) is 5.73. The van der Waals surface area contributed by atoms with E-state index in [0.717, 1.165) is 40.9 Å². The van der Waals surface area contributed by atoms with Crippen molar-refractivity contribution in [3.05, 3.63) is 58.7 Å². The lowest BCUT2D eigenvalue weighted by molar-refractivity contribution is 0.793. The SMILES string of the molecule is CN=C(NCCc1ccccc1Cl)NCc1ccnc(N(C)C)c1.I. The van der Waals surface area contributed by atoms with Crippen molar-refractivity contribution in [3.63, 3.8) is 0 Å². The van der Waals surface area contributed by atoms with E-state index in [0.29, 0.717) is 6.54 Å². The summed E-state index contributed by atoms with van der Waals surface area (Å²) in [4.78, 5) is 10.6. The Bertz CT molecular complexity index is 691. The summed E-state index contributed by atoms with van der Waals surface area (Å²) in [5.41, 5.74) is 2.29. The van der Waals surface area contributed by atoms with Crippen molar-refractivity contribution in [2.75, 3.05) is 32.6 Å². The van der Waals surface area contributed by atoms with E-state index in [9.17, 15) is 0 Å². The molecule has 5 nitrogen and oxygen atoms in total. The number of benzene rings is 1. The number of aromatic nitrogens is 1. The molecule has 2 rings (SSSR count). The molecule has 1 aromatic carbocycles. The predicted molar refractivity (Wildman–Crippen MR) is 117 cm³/mol. The zero-order valence-electron chi connectivity index (χ0n) is 14.8. The summed E-state index contributed by atoms with van der Waals surface area (Å²) in [5.74, 6) is 1.71. The van der Waals surface area contributed by atoms with Crippen molar-refractivity contribution in [2.24, 2.45) is 4.99 Å². The van der Waals surface area contributed by atoms with Crippen LogP contribution in [0.2, 0.25) is 5.02 Å². The van der Waals surface area contributed by atoms with E-state index < -0.39 is 0 Å². The van der Waals surface area contributed by atoms with Gasteiger partial charge < -0.3 is 15.5 Å². The lowest BCUT2D eigenvalue weighted by Crippen LogP contribution is -2.37. The van der Waals surface area contributed by atoms with Gasteiger partial charge in [0.2, 0.25) is 0 Å². The zero-order valence-corrected chi connectivity index (χ0v) is 17.9. The van der Waals surface area contributed by atoms with Gasteiger partial charge in [0.15, 0.2) is 5.96 Å². The van der Waals surface area contributed by atoms with Crippen molar-refractivity contribution in [3.8, 4) is 0 Å². The van der Waals surface area contributed by atoms with Gasteiger partial charge in [0.05, 0.1) is 0 Å². The molecular formula is C18H25ClIN5. The summed E-state index contributed by atoms with van der Waals surface area (Å²) in [6.07, 6.45) is 2.67. The maximum atomic E-state index is 6.17. The van der Waals surface area contributed by atoms with Gasteiger partial charge in [-0.3, -0.25) is 4.99 Å². The van der Waals surface area contributed by atoms with Crippen LogP contribution in [0.25, 0.3) is 0 Å². The molecule has 0 bridgehead atoms. The molecular weight excluding hydrogens is 449 g/mol. The van der Waals surface area contributed by atoms with Gasteiger partial charge in [-0.05, 0) is 35.7 Å². The standard InChI is InChI=1S/C18H24ClN5.HI/c1-20-18(22-11-9-15-6-4-5-7-16(15)19)23-13-14-8-10-21-17(12-14)24(2)3;/h4-8,10,12H,9,11,13H2,1-3H3,(H2,20,22,23);1H. The van der Waals surface area contributed by atoms with Crippen molar-refractivity contribution in [1.29, 1.82) is 0 Å². The third-order valence-corrected chi connectivity index (χ3v) is 3.97. The Morgan fingerprint density at radius 1 is 1.20 bits per heavy atom. The molecule has 1 heterocycles. The number of nitrogens with zero attached hydrogens (tertiary/aromatic N) is 3. The first-order chi connectivity index (χ1) is 11.6. The largest absolute Gasteiger partial charge is 0.363 e. The minimum absolute atomic E-state index is 0. The van der Waals surface area contributed by atoms with Crippen LogP contribution in [0.5, 0.6) is 0 Å². The first-order valence-corrected chi connectivity index (χ1v) is 8.28. The third-order valence-electron chi connectivity index (χ3n) is 3.60. The average molecular weight is 474 g/mol. The van der Waals surface area contributed by atoms with Gasteiger partial charge in [-0.1, -0.05) is 29.8 Å². The number of aliphatic imine (C=N–C) groups is 1. The molecule has 0 aliphatic heterocycles. The van der Waals surface area contributed by atoms with Crippen molar-refractivity contribution in [1.82, 2.24) is 15.6 Å². The van der Waals surface area contributed by atoms with E-state index in [1.165, 1.54) is 0 Å². The monoisotopic (exact) mass is 473 g/mol. The second-order valence-electron chi connectivity index (χ2n) is 5.61. The summed E-state index contributed by atoms with van der Waals surface area (Å²) in [5, 5.41) is 7.42. The zero-order chi connectivity index (χ0) is 17.4. The Morgan fingerprint density at radius 3 is 2.64 bits per heavy atom. The highest BCUT2D eigenvalue weighted by Crippen LogP contribution is 2.14. The van der Waals surface area contributed by atoms with E-state index in [4.69, 9.17) is 11.6 Å². The molecule has 0 unspecified atom stereocenters. The number of hydrogen-bond acceptors (Lipinski definition) is 3. The summed E-state index contributed by atoms with van der Waals surface area (Å²) in [6, 6.07) is 12.0. The normalized spacial score (nSPS) is 10.8. The molecule has 2 N–H and O–H groups in total. The minimum Gasteiger partial charge on any atom is -0.363 e. The molecule has 2 aromatic rings. The number of rotatable bonds is 6. The van der Waals surface area contributed by atoms with Crippen LogP contribution in [0, 0.1) is 0 Å². The summed E-state index contributed by atoms with van der Waals surface area (Å²) < 4.78 is 0. The number of pyridine rings is 1. The Kier molecular flexibility index (Phi) is 9.59. The molecule has 0 aliphatic rings. The molecule has 0 radical (unpaired) electrons. The molecule has 136 valence electrons. The smallest absolute Gasteiger partial charge is 0.191 e. The van der Waals surface area contributed by atoms with Crippen LogP contribution in [0.1, 0.15) is 11.1 Å². The number of anilines is 1. The van der Waals surface area contributed by atoms with E-state index in [2.05, 4.69) is 26.7 Å². The molecule has 0 aliphatic carbocycles. The highest BCUT2D eigenvalue weighted by molar-refractivity contribution is 14.0. The van der Waals surface area contributed by atoms with Crippen LogP contribution in [0.15, 0.2) is 47.6 Å². The lowest BCUT2D eigenvalue weighted by Gasteiger charge is -2.14. The van der Waals surface area contributed by atoms with Crippen LogP contribution in [0.3, 0.4) is 0 Å². The quantitative estimate of drug-likeness (QED) is 0.384. The second-order valence-corrected chi connectivity index (χ2v) is 6.02. The Balaban J connectivity index is 0.00000312. The van der Waals surface area contributed by atoms with Gasteiger partial charge in [-0.2, -0.15) is 0 Å². The fourth-order valence-electron chi connectivity index (χ4n) is 2.24. The van der Waals surface area contributed by atoms with E-state index >= 15 is 0 Å². The van der Waals surface area contributed by atoms with Gasteiger partial charge >= 0.3 is 0 Å². The Hall–Kier alpha value is -1.54. The van der Waals surface area contributed by atoms with E-state index in [1.807, 2.05) is 55.5 Å². The molecule has 0 amide bonds. The molecule has 25 heavy (non-hydrogen) atoms. The van der Waals surface area contributed by atoms with Crippen LogP contribution in [-0.4, -0.2) is 38.6 Å². The highest BCUT2D eigenvalue weighted by Gasteiger charge is 2.03. The van der Waals surface area contributed by atoms with E-state index in [1.54, 1.807) is 7.05 Å². The van der Waals surface area contributed by atoms with Gasteiger partial charge in [0.25, 0.3) is 0 Å². The van der Waals surface area contributed by atoms with Crippen LogP contribution < -0.4 is 15.5 Å². The maximum Gasteiger partial charge on any atom is 0.191 e. The highest BCUT2D eigenvalue weighted by atomic mass is 127. The summed E-state index contributed by atoms with van der Waals surface area (Å²) >= 11 is 6.17. The van der Waals surface area contributed by atoms with Crippen LogP contribution in [0.4, 0.5) is 5.82 Å². The predicted octanol–water partition coefficient (Wildman–Crippen LogP) is 3.33. The second kappa shape index (κ2) is 11.1. The Morgan fingerprint density at radius 2 is 1.96 bits per heavy atom. The van der Waals surface area contributed by atoms with Crippen molar-refractivity contribution in [2.45, 2.75) is 13.0 Å². The van der Waals surface area contributed by atoms with Crippen LogP contribution in [-0.2, 0) is 13.0 Å². The maximum absolute atomic E-state index is 6.17. The molecule has 0 atom stereocenters. The Labute approximate surface area is 171 Å². The molecule has 1 aromatic heterocycles. The molecule has 0 saturated carbocycles. The van der Waals surface area contributed by atoms with Gasteiger partial charge in [0.1, 0.15) is 5.82 Å². The van der Waals surface area contributed by atoms with Gasteiger partial charge in [-0.25, -0.2) is 4.98 Å². The average Bonchev–Trinajstić information content (AvgIpc) is 2.59. The number of nitrogens with one attached hydrogen (secondary N) is 2.